The fraction of sp³-hybridized carbons (Fsp3) is 0.259. The smallest absolute Gasteiger partial charge is 0.495 e. The number of rotatable bonds is 11. The van der Waals surface area contributed by atoms with Crippen LogP contribution in [0.4, 0.5) is 13.2 Å². The molecule has 40 heavy (non-hydrogen) atoms. The number of halogens is 3. The zero-order valence-electron chi connectivity index (χ0n) is 21.5. The topological polar surface area (TPSA) is 110 Å². The third-order valence-electron chi connectivity index (χ3n) is 5.06. The van der Waals surface area contributed by atoms with Gasteiger partial charge in [-0.2, -0.15) is 13.2 Å². The van der Waals surface area contributed by atoms with Gasteiger partial charge in [0.2, 0.25) is 11.5 Å². The Labute approximate surface area is 231 Å². The van der Waals surface area contributed by atoms with Crippen LogP contribution < -0.4 is 14.2 Å². The van der Waals surface area contributed by atoms with Gasteiger partial charge >= 0.3 is 18.1 Å². The number of aromatic nitrogens is 1. The van der Waals surface area contributed by atoms with Crippen molar-refractivity contribution in [3.63, 3.8) is 0 Å². The first-order valence-electron chi connectivity index (χ1n) is 11.6. The van der Waals surface area contributed by atoms with Crippen molar-refractivity contribution in [1.82, 2.24) is 4.98 Å². The molecule has 0 fully saturated rings. The van der Waals surface area contributed by atoms with E-state index in [4.69, 9.17) is 14.2 Å². The maximum atomic E-state index is 13.3. The highest BCUT2D eigenvalue weighted by Crippen LogP contribution is 2.31. The number of benzene rings is 2. The Kier molecular flexibility index (Phi) is 9.99. The minimum atomic E-state index is -5.37. The lowest BCUT2D eigenvalue weighted by molar-refractivity contribution is -0.291. The highest BCUT2D eigenvalue weighted by molar-refractivity contribution is 7.99. The van der Waals surface area contributed by atoms with Crippen LogP contribution in [-0.4, -0.2) is 54.0 Å². The molecule has 0 atom stereocenters. The van der Waals surface area contributed by atoms with Gasteiger partial charge in [0.1, 0.15) is 11.5 Å². The van der Waals surface area contributed by atoms with E-state index in [0.717, 1.165) is 18.7 Å². The van der Waals surface area contributed by atoms with E-state index in [1.165, 1.54) is 43.6 Å². The predicted octanol–water partition coefficient (Wildman–Crippen LogP) is 5.21. The molecule has 3 aromatic rings. The van der Waals surface area contributed by atoms with Crippen LogP contribution in [0.15, 0.2) is 71.8 Å². The third kappa shape index (κ3) is 8.37. The van der Waals surface area contributed by atoms with Crippen molar-refractivity contribution < 1.29 is 51.5 Å². The summed E-state index contributed by atoms with van der Waals surface area (Å²) in [5.41, 5.74) is -1.83. The van der Waals surface area contributed by atoms with Gasteiger partial charge in [-0.15, -0.1) is 11.8 Å². The Morgan fingerprint density at radius 2 is 1.62 bits per heavy atom. The van der Waals surface area contributed by atoms with Crippen molar-refractivity contribution in [1.29, 1.82) is 0 Å². The van der Waals surface area contributed by atoms with Crippen LogP contribution in [0.1, 0.15) is 29.8 Å². The number of nitrogens with zero attached hydrogens (tertiary/aromatic N) is 1. The van der Waals surface area contributed by atoms with Crippen LogP contribution >= 0.6 is 11.8 Å². The number of hydrogen-bond acceptors (Lipinski definition) is 10. The van der Waals surface area contributed by atoms with E-state index in [1.54, 1.807) is 11.8 Å². The van der Waals surface area contributed by atoms with E-state index < -0.39 is 29.5 Å². The fourth-order valence-electron chi connectivity index (χ4n) is 3.02. The van der Waals surface area contributed by atoms with Crippen LogP contribution in [0.3, 0.4) is 0 Å². The van der Waals surface area contributed by atoms with Gasteiger partial charge in [0.25, 0.3) is 0 Å². The van der Waals surface area contributed by atoms with Crippen LogP contribution in [0.5, 0.6) is 17.4 Å². The van der Waals surface area contributed by atoms with Gasteiger partial charge in [-0.3, -0.25) is 4.79 Å². The molecule has 3 rings (SSSR count). The maximum Gasteiger partial charge on any atom is 0.495 e. The summed E-state index contributed by atoms with van der Waals surface area (Å²) in [5.74, 6) is -3.60. The molecule has 1 heterocycles. The Hall–Kier alpha value is -4.26. The quantitative estimate of drug-likeness (QED) is 0.0987. The molecule has 0 bridgehead atoms. The second kappa shape index (κ2) is 13.2. The van der Waals surface area contributed by atoms with Crippen molar-refractivity contribution >= 4 is 29.5 Å². The first-order chi connectivity index (χ1) is 18.9. The largest absolute Gasteiger partial charge is 0.497 e. The van der Waals surface area contributed by atoms with E-state index >= 15 is 0 Å². The van der Waals surface area contributed by atoms with Crippen molar-refractivity contribution in [2.45, 2.75) is 30.5 Å². The summed E-state index contributed by atoms with van der Waals surface area (Å²) in [4.78, 5) is 49.2. The highest BCUT2D eigenvalue weighted by atomic mass is 32.2. The van der Waals surface area contributed by atoms with Gasteiger partial charge < -0.3 is 14.2 Å². The van der Waals surface area contributed by atoms with Crippen molar-refractivity contribution in [3.05, 3.63) is 78.0 Å². The number of hydrogen-bond donors (Lipinski definition) is 0. The van der Waals surface area contributed by atoms with E-state index in [2.05, 4.69) is 14.8 Å². The molecule has 9 nitrogen and oxygen atoms in total. The molecule has 0 aliphatic carbocycles. The minimum absolute atomic E-state index is 0.0105. The van der Waals surface area contributed by atoms with Crippen LogP contribution in [0.25, 0.3) is 0 Å². The first-order valence-corrected chi connectivity index (χ1v) is 12.6. The molecule has 0 saturated carbocycles. The number of carbonyl (C=O) groups excluding carboxylic acids is 3. The fourth-order valence-corrected chi connectivity index (χ4v) is 3.77. The molecule has 0 unspecified atom stereocenters. The minimum Gasteiger partial charge on any atom is -0.497 e. The molecule has 0 aliphatic heterocycles. The van der Waals surface area contributed by atoms with Gasteiger partial charge in [0.15, 0.2) is 5.78 Å². The maximum absolute atomic E-state index is 13.3. The summed E-state index contributed by atoms with van der Waals surface area (Å²) in [6.07, 6.45) is -4.06. The number of thioether (sulfide) groups is 1. The van der Waals surface area contributed by atoms with E-state index in [1.807, 2.05) is 30.3 Å². The molecular weight excluding hydrogens is 555 g/mol. The Morgan fingerprint density at radius 3 is 2.25 bits per heavy atom. The van der Waals surface area contributed by atoms with Crippen molar-refractivity contribution in [3.8, 4) is 17.4 Å². The van der Waals surface area contributed by atoms with Crippen LogP contribution in [0.2, 0.25) is 0 Å². The van der Waals surface area contributed by atoms with Gasteiger partial charge in [-0.05, 0) is 44.2 Å². The molecule has 0 amide bonds. The van der Waals surface area contributed by atoms with Gasteiger partial charge in [0, 0.05) is 34.5 Å². The summed E-state index contributed by atoms with van der Waals surface area (Å²) in [5, 5.41) is 0. The van der Waals surface area contributed by atoms with E-state index in [9.17, 15) is 27.6 Å². The number of carbonyl (C=O) groups is 3. The van der Waals surface area contributed by atoms with Crippen LogP contribution in [-0.2, 0) is 19.4 Å². The second-order valence-corrected chi connectivity index (χ2v) is 9.61. The zero-order chi connectivity index (χ0) is 29.3. The van der Waals surface area contributed by atoms with Crippen molar-refractivity contribution in [2.24, 2.45) is 0 Å². The highest BCUT2D eigenvalue weighted by Gasteiger charge is 2.44. The summed E-state index contributed by atoms with van der Waals surface area (Å²) >= 11 is 1.62. The predicted molar refractivity (Wildman–Crippen MR) is 136 cm³/mol. The molecule has 212 valence electrons. The second-order valence-electron chi connectivity index (χ2n) is 8.44. The lowest BCUT2D eigenvalue weighted by Crippen LogP contribution is -2.41. The van der Waals surface area contributed by atoms with Gasteiger partial charge in [-0.25, -0.2) is 24.3 Å². The molecule has 2 aromatic carbocycles. The molecule has 0 aliphatic rings. The molecule has 1 aromatic heterocycles. The van der Waals surface area contributed by atoms with Gasteiger partial charge in [0.05, 0.1) is 19.3 Å². The Morgan fingerprint density at radius 1 is 0.925 bits per heavy atom. The van der Waals surface area contributed by atoms with Gasteiger partial charge in [-0.1, -0.05) is 18.2 Å². The average molecular weight is 580 g/mol. The number of alkyl halides is 3. The molecular formula is C27H24F3NO8S. The monoisotopic (exact) mass is 579 g/mol. The number of ketones is 1. The zero-order valence-corrected chi connectivity index (χ0v) is 22.3. The van der Waals surface area contributed by atoms with Crippen molar-refractivity contribution in [2.75, 3.05) is 19.5 Å². The summed E-state index contributed by atoms with van der Waals surface area (Å²) in [6.45, 7) is 2.68. The summed E-state index contributed by atoms with van der Waals surface area (Å²) < 4.78 is 53.4. The molecule has 0 N–H and O–H groups in total. The SMILES string of the molecule is COc1ccc(C(=O)c2ccc(OCCSc3ccccc3)nc2)c(OC(C)(C)C(=O)OOC(=O)C(F)(F)F)c1. The number of ether oxygens (including phenoxy) is 3. The first kappa shape index (κ1) is 30.3. The Bertz CT molecular complexity index is 1330. The summed E-state index contributed by atoms with van der Waals surface area (Å²) in [7, 11) is 1.36. The van der Waals surface area contributed by atoms with Crippen LogP contribution in [0, 0.1) is 0 Å². The molecule has 0 radical (unpaired) electrons. The third-order valence-corrected chi connectivity index (χ3v) is 6.03. The normalized spacial score (nSPS) is 11.3. The lowest BCUT2D eigenvalue weighted by atomic mass is 10.0. The Balaban J connectivity index is 1.68. The lowest BCUT2D eigenvalue weighted by Gasteiger charge is -2.24. The van der Waals surface area contributed by atoms with E-state index in [-0.39, 0.29) is 22.6 Å². The molecule has 0 saturated heterocycles. The summed E-state index contributed by atoms with van der Waals surface area (Å²) in [6, 6.07) is 17.0. The van der Waals surface area contributed by atoms with E-state index in [0.29, 0.717) is 18.2 Å². The number of pyridine rings is 1. The molecule has 13 heteroatoms. The average Bonchev–Trinajstić information content (AvgIpc) is 2.93. The standard InChI is InChI=1S/C27H24F3NO8S/c1-26(2,24(33)38-39-25(34)27(28,29)30)37-21-15-18(35-3)10-11-20(21)23(32)17-9-12-22(31-16-17)36-13-14-40-19-7-5-4-6-8-19/h4-12,15-16H,13-14H2,1-3H3. The molecule has 0 spiro atoms. The number of methoxy groups -OCH3 is 1.